The van der Waals surface area contributed by atoms with Crippen molar-refractivity contribution in [2.45, 2.75) is 10.4 Å². The highest BCUT2D eigenvalue weighted by Gasteiger charge is 2.19. The first-order chi connectivity index (χ1) is 4.92. The fourth-order valence-electron chi connectivity index (χ4n) is 0.257. The van der Waals surface area contributed by atoms with E-state index in [4.69, 9.17) is 34.8 Å². The van der Waals surface area contributed by atoms with E-state index >= 15 is 0 Å². The van der Waals surface area contributed by atoms with E-state index < -0.39 is 17.2 Å². The Bertz CT molecular complexity index is 106. The molecule has 0 saturated heterocycles. The van der Waals surface area contributed by atoms with Gasteiger partial charge in [0, 0.05) is 0 Å². The van der Waals surface area contributed by atoms with E-state index in [-0.39, 0.29) is 6.61 Å². The third-order valence-electron chi connectivity index (χ3n) is 0.543. The summed E-state index contributed by atoms with van der Waals surface area (Å²) >= 11 is 15.6. The molecule has 68 valence electrons. The summed E-state index contributed by atoms with van der Waals surface area (Å²) in [5, 5.41) is 0. The third kappa shape index (κ3) is 10.7. The van der Waals surface area contributed by atoms with Crippen LogP contribution in [0, 0.1) is 0 Å². The van der Waals surface area contributed by atoms with E-state index in [1.165, 1.54) is 0 Å². The first-order valence-corrected chi connectivity index (χ1v) is 3.59. The van der Waals surface area contributed by atoms with Crippen LogP contribution >= 0.6 is 34.8 Å². The van der Waals surface area contributed by atoms with Gasteiger partial charge in [0.2, 0.25) is 3.79 Å². The van der Waals surface area contributed by atoms with Crippen LogP contribution in [0.15, 0.2) is 0 Å². The summed E-state index contributed by atoms with van der Waals surface area (Å²) in [6.45, 7) is -3.75. The number of hydrogen-bond acceptors (Lipinski definition) is 2. The van der Waals surface area contributed by atoms with Crippen LogP contribution in [0.3, 0.4) is 0 Å². The Labute approximate surface area is 77.3 Å². The topological polar surface area (TPSA) is 18.5 Å². The Balaban J connectivity index is 3.15. The molecule has 0 spiro atoms. The van der Waals surface area contributed by atoms with Gasteiger partial charge in [-0.05, 0) is 0 Å². The van der Waals surface area contributed by atoms with Crippen molar-refractivity contribution in [3.63, 3.8) is 0 Å². The summed E-state index contributed by atoms with van der Waals surface area (Å²) in [7, 11) is 0. The zero-order valence-electron chi connectivity index (χ0n) is 5.20. The zero-order chi connectivity index (χ0) is 8.91. The van der Waals surface area contributed by atoms with Crippen LogP contribution in [0.2, 0.25) is 0 Å². The summed E-state index contributed by atoms with van der Waals surface area (Å²) in [5.74, 6) is 0. The molecule has 0 amide bonds. The molecule has 0 aliphatic rings. The van der Waals surface area contributed by atoms with Gasteiger partial charge in [0.15, 0.2) is 6.79 Å². The minimum absolute atomic E-state index is 0.287. The highest BCUT2D eigenvalue weighted by Crippen LogP contribution is 2.25. The normalized spacial score (nSPS) is 12.5. The molecule has 0 aliphatic heterocycles. The maximum absolute atomic E-state index is 11.3. The van der Waals surface area contributed by atoms with E-state index in [0.717, 1.165) is 0 Å². The largest absolute Gasteiger partial charge is 0.351 e. The van der Waals surface area contributed by atoms with E-state index in [2.05, 4.69) is 9.47 Å². The molecule has 0 unspecified atom stereocenters. The summed E-state index contributed by atoms with van der Waals surface area (Å²) in [6, 6.07) is 0. The number of alkyl halides is 5. The smallest absolute Gasteiger partial charge is 0.347 e. The Morgan fingerprint density at radius 2 is 1.82 bits per heavy atom. The molecule has 0 N–H and O–H groups in total. The highest BCUT2D eigenvalue weighted by molar-refractivity contribution is 6.67. The van der Waals surface area contributed by atoms with E-state index in [9.17, 15) is 8.78 Å². The van der Waals surface area contributed by atoms with Crippen molar-refractivity contribution >= 4 is 34.8 Å². The van der Waals surface area contributed by atoms with Crippen molar-refractivity contribution in [1.82, 2.24) is 0 Å². The van der Waals surface area contributed by atoms with Crippen LogP contribution in [0.5, 0.6) is 0 Å². The molecular formula is C4H5Cl3F2O2. The minimum Gasteiger partial charge on any atom is -0.351 e. The molecule has 0 heterocycles. The van der Waals surface area contributed by atoms with Gasteiger partial charge in [-0.3, -0.25) is 4.74 Å². The van der Waals surface area contributed by atoms with Crippen molar-refractivity contribution in [3.8, 4) is 0 Å². The van der Waals surface area contributed by atoms with Crippen molar-refractivity contribution in [2.24, 2.45) is 0 Å². The number of halogens is 5. The predicted octanol–water partition coefficient (Wildman–Crippen LogP) is 2.57. The third-order valence-corrected chi connectivity index (χ3v) is 0.870. The second-order valence-electron chi connectivity index (χ2n) is 1.51. The zero-order valence-corrected chi connectivity index (χ0v) is 7.47. The second kappa shape index (κ2) is 5.32. The first kappa shape index (κ1) is 11.6. The second-order valence-corrected chi connectivity index (χ2v) is 4.02. The van der Waals surface area contributed by atoms with Crippen LogP contribution in [0.4, 0.5) is 8.78 Å². The fraction of sp³-hybridized carbons (Fsp3) is 1.00. The van der Waals surface area contributed by atoms with E-state index in [1.807, 2.05) is 0 Å². The van der Waals surface area contributed by atoms with Gasteiger partial charge in [-0.25, -0.2) is 0 Å². The quantitative estimate of drug-likeness (QED) is 0.419. The van der Waals surface area contributed by atoms with Crippen LogP contribution < -0.4 is 0 Å². The van der Waals surface area contributed by atoms with E-state index in [0.29, 0.717) is 0 Å². The molecule has 0 saturated carbocycles. The van der Waals surface area contributed by atoms with Crippen molar-refractivity contribution in [3.05, 3.63) is 0 Å². The lowest BCUT2D eigenvalue weighted by Gasteiger charge is -2.10. The summed E-state index contributed by atoms with van der Waals surface area (Å²) in [6.07, 6.45) is 0. The predicted molar refractivity (Wildman–Crippen MR) is 38.2 cm³/mol. The summed E-state index contributed by atoms with van der Waals surface area (Å²) < 4.78 is 29.0. The van der Waals surface area contributed by atoms with Crippen molar-refractivity contribution < 1.29 is 18.3 Å². The molecule has 0 rings (SSSR count). The van der Waals surface area contributed by atoms with Crippen molar-refractivity contribution in [2.75, 3.05) is 13.4 Å². The molecule has 0 aliphatic carbocycles. The van der Waals surface area contributed by atoms with Gasteiger partial charge in [0.25, 0.3) is 0 Å². The standard InChI is InChI=1S/C4H5Cl3F2O2/c5-4(6,7)1-10-2-11-3(8)9/h3H,1-2H2. The first-order valence-electron chi connectivity index (χ1n) is 2.46. The van der Waals surface area contributed by atoms with Gasteiger partial charge < -0.3 is 4.74 Å². The SMILES string of the molecule is FC(F)OCOCC(Cl)(Cl)Cl. The van der Waals surface area contributed by atoms with Gasteiger partial charge >= 0.3 is 6.61 Å². The lowest BCUT2D eigenvalue weighted by Crippen LogP contribution is -2.15. The lowest BCUT2D eigenvalue weighted by atomic mass is 10.8. The van der Waals surface area contributed by atoms with E-state index in [1.54, 1.807) is 0 Å². The Morgan fingerprint density at radius 1 is 1.27 bits per heavy atom. The van der Waals surface area contributed by atoms with Crippen LogP contribution in [-0.4, -0.2) is 23.8 Å². The molecule has 0 aromatic rings. The Kier molecular flexibility index (Phi) is 5.64. The van der Waals surface area contributed by atoms with Crippen LogP contribution in [-0.2, 0) is 9.47 Å². The monoisotopic (exact) mass is 228 g/mol. The molecule has 0 fully saturated rings. The number of rotatable bonds is 4. The minimum atomic E-state index is -2.87. The molecule has 2 nitrogen and oxygen atoms in total. The van der Waals surface area contributed by atoms with Gasteiger partial charge in [-0.2, -0.15) is 8.78 Å². The Hall–Kier alpha value is 0.650. The van der Waals surface area contributed by atoms with Crippen molar-refractivity contribution in [1.29, 1.82) is 0 Å². The maximum atomic E-state index is 11.3. The van der Waals surface area contributed by atoms with Gasteiger partial charge in [0.1, 0.15) is 0 Å². The average Bonchev–Trinajstić information content (AvgIpc) is 1.78. The molecule has 7 heteroatoms. The summed E-state index contributed by atoms with van der Waals surface area (Å²) in [5.41, 5.74) is 0. The molecule has 0 bridgehead atoms. The molecular weight excluding hydrogens is 224 g/mol. The Morgan fingerprint density at radius 3 is 2.18 bits per heavy atom. The molecule has 11 heavy (non-hydrogen) atoms. The molecule has 0 atom stereocenters. The number of ether oxygens (including phenoxy) is 2. The highest BCUT2D eigenvalue weighted by atomic mass is 35.6. The molecule has 0 radical (unpaired) electrons. The summed E-state index contributed by atoms with van der Waals surface area (Å²) in [4.78, 5) is 0. The molecule has 0 aromatic heterocycles. The van der Waals surface area contributed by atoms with Gasteiger partial charge in [0.05, 0.1) is 6.61 Å². The molecule has 0 aromatic carbocycles. The maximum Gasteiger partial charge on any atom is 0.347 e. The van der Waals surface area contributed by atoms with Crippen LogP contribution in [0.1, 0.15) is 0 Å². The van der Waals surface area contributed by atoms with Crippen LogP contribution in [0.25, 0.3) is 0 Å². The fourth-order valence-corrected chi connectivity index (χ4v) is 0.488. The lowest BCUT2D eigenvalue weighted by molar-refractivity contribution is -0.190. The van der Waals surface area contributed by atoms with Gasteiger partial charge in [-0.1, -0.05) is 34.8 Å². The van der Waals surface area contributed by atoms with Gasteiger partial charge in [-0.15, -0.1) is 0 Å². The number of hydrogen-bond donors (Lipinski definition) is 0. The average molecular weight is 229 g/mol.